The summed E-state index contributed by atoms with van der Waals surface area (Å²) < 4.78 is 5.05. The first-order chi connectivity index (χ1) is 6.77. The van der Waals surface area contributed by atoms with Crippen LogP contribution in [0.2, 0.25) is 0 Å². The van der Waals surface area contributed by atoms with Gasteiger partial charge in [0.15, 0.2) is 0 Å². The molecule has 3 heteroatoms. The van der Waals surface area contributed by atoms with Gasteiger partial charge in [0, 0.05) is 29.5 Å². The van der Waals surface area contributed by atoms with Gasteiger partial charge in [0.05, 0.1) is 0 Å². The minimum Gasteiger partial charge on any atom is -0.385 e. The second-order valence-electron chi connectivity index (χ2n) is 3.42. The second-order valence-corrected chi connectivity index (χ2v) is 4.74. The largest absolute Gasteiger partial charge is 0.385 e. The first-order valence-electron chi connectivity index (χ1n) is 5.00. The molecule has 0 aromatic carbocycles. The van der Waals surface area contributed by atoms with Crippen molar-refractivity contribution in [3.8, 4) is 0 Å². The van der Waals surface area contributed by atoms with E-state index in [0.717, 1.165) is 19.4 Å². The van der Waals surface area contributed by atoms with Gasteiger partial charge in [-0.25, -0.2) is 0 Å². The van der Waals surface area contributed by atoms with E-state index in [1.54, 1.807) is 7.11 Å². The quantitative estimate of drug-likeness (QED) is 0.734. The van der Waals surface area contributed by atoms with Crippen molar-refractivity contribution in [2.45, 2.75) is 25.8 Å². The van der Waals surface area contributed by atoms with Crippen molar-refractivity contribution in [1.29, 1.82) is 0 Å². The fourth-order valence-corrected chi connectivity index (χ4v) is 2.52. The molecule has 1 aromatic heterocycles. The van der Waals surface area contributed by atoms with E-state index in [4.69, 9.17) is 4.74 Å². The highest BCUT2D eigenvalue weighted by Crippen LogP contribution is 2.25. The van der Waals surface area contributed by atoms with Gasteiger partial charge in [-0.15, -0.1) is 11.3 Å². The number of methoxy groups -OCH3 is 1. The molecule has 0 radical (unpaired) electrons. The highest BCUT2D eigenvalue weighted by atomic mass is 32.1. The molecule has 1 rings (SSSR count). The number of aryl methyl sites for hydroxylation is 1. The Balaban J connectivity index is 2.45. The maximum atomic E-state index is 5.05. The van der Waals surface area contributed by atoms with Crippen LogP contribution >= 0.6 is 11.3 Å². The molecule has 1 unspecified atom stereocenters. The van der Waals surface area contributed by atoms with Gasteiger partial charge < -0.3 is 10.1 Å². The van der Waals surface area contributed by atoms with E-state index < -0.39 is 0 Å². The lowest BCUT2D eigenvalue weighted by atomic mass is 10.1. The van der Waals surface area contributed by atoms with Crippen LogP contribution in [0.3, 0.4) is 0 Å². The van der Waals surface area contributed by atoms with Crippen LogP contribution in [0.15, 0.2) is 12.1 Å². The number of hydrogen-bond acceptors (Lipinski definition) is 3. The topological polar surface area (TPSA) is 21.3 Å². The normalized spacial score (nSPS) is 13.1. The molecule has 0 aliphatic rings. The Bertz CT molecular complexity index is 260. The lowest BCUT2D eigenvalue weighted by Crippen LogP contribution is -2.15. The van der Waals surface area contributed by atoms with Gasteiger partial charge >= 0.3 is 0 Å². The molecule has 14 heavy (non-hydrogen) atoms. The van der Waals surface area contributed by atoms with E-state index in [9.17, 15) is 0 Å². The Labute approximate surface area is 90.3 Å². The molecule has 2 nitrogen and oxygen atoms in total. The third-order valence-electron chi connectivity index (χ3n) is 2.29. The van der Waals surface area contributed by atoms with Gasteiger partial charge in [-0.05, 0) is 38.9 Å². The summed E-state index contributed by atoms with van der Waals surface area (Å²) in [5.74, 6) is 0. The van der Waals surface area contributed by atoms with Crippen molar-refractivity contribution in [1.82, 2.24) is 5.32 Å². The van der Waals surface area contributed by atoms with Crippen molar-refractivity contribution >= 4 is 11.3 Å². The molecule has 0 aliphatic heterocycles. The van der Waals surface area contributed by atoms with E-state index in [2.05, 4.69) is 24.4 Å². The first-order valence-corrected chi connectivity index (χ1v) is 5.82. The standard InChI is InChI=1S/C11H19NOS/c1-9-6-7-11(14-9)10(12-2)5-4-8-13-3/h6-7,10,12H,4-5,8H2,1-3H3. The molecule has 1 atom stereocenters. The average molecular weight is 213 g/mol. The van der Waals surface area contributed by atoms with Crippen LogP contribution in [0, 0.1) is 6.92 Å². The molecule has 0 fully saturated rings. The van der Waals surface area contributed by atoms with E-state index in [0.29, 0.717) is 6.04 Å². The summed E-state index contributed by atoms with van der Waals surface area (Å²) in [4.78, 5) is 2.81. The third-order valence-corrected chi connectivity index (χ3v) is 3.41. The fourth-order valence-electron chi connectivity index (χ4n) is 1.50. The third kappa shape index (κ3) is 3.40. The van der Waals surface area contributed by atoms with Crippen molar-refractivity contribution in [2.24, 2.45) is 0 Å². The number of nitrogens with one attached hydrogen (secondary N) is 1. The Kier molecular flexibility index (Phi) is 5.15. The fraction of sp³-hybridized carbons (Fsp3) is 0.636. The van der Waals surface area contributed by atoms with E-state index >= 15 is 0 Å². The van der Waals surface area contributed by atoms with Crippen LogP contribution in [0.4, 0.5) is 0 Å². The zero-order chi connectivity index (χ0) is 10.4. The van der Waals surface area contributed by atoms with Gasteiger partial charge in [0.25, 0.3) is 0 Å². The van der Waals surface area contributed by atoms with Gasteiger partial charge in [-0.2, -0.15) is 0 Å². The molecule has 1 aromatic rings. The van der Waals surface area contributed by atoms with Gasteiger partial charge in [-0.1, -0.05) is 0 Å². The Morgan fingerprint density at radius 2 is 2.29 bits per heavy atom. The second kappa shape index (κ2) is 6.17. The van der Waals surface area contributed by atoms with Crippen molar-refractivity contribution in [2.75, 3.05) is 20.8 Å². The predicted molar refractivity (Wildman–Crippen MR) is 62.0 cm³/mol. The van der Waals surface area contributed by atoms with Crippen LogP contribution in [-0.4, -0.2) is 20.8 Å². The zero-order valence-electron chi connectivity index (χ0n) is 9.17. The van der Waals surface area contributed by atoms with Crippen molar-refractivity contribution < 1.29 is 4.74 Å². The summed E-state index contributed by atoms with van der Waals surface area (Å²) in [6.07, 6.45) is 2.25. The first kappa shape index (κ1) is 11.7. The monoisotopic (exact) mass is 213 g/mol. The van der Waals surface area contributed by atoms with Crippen LogP contribution < -0.4 is 5.32 Å². The summed E-state index contributed by atoms with van der Waals surface area (Å²) in [7, 11) is 3.77. The molecule has 1 N–H and O–H groups in total. The predicted octanol–water partition coefficient (Wildman–Crippen LogP) is 2.74. The molecular formula is C11H19NOS. The minimum absolute atomic E-state index is 0.490. The molecule has 0 amide bonds. The number of thiophene rings is 1. The molecule has 0 saturated carbocycles. The lowest BCUT2D eigenvalue weighted by molar-refractivity contribution is 0.189. The van der Waals surface area contributed by atoms with Crippen molar-refractivity contribution in [3.05, 3.63) is 21.9 Å². The molecule has 0 aliphatic carbocycles. The van der Waals surface area contributed by atoms with E-state index in [1.165, 1.54) is 9.75 Å². The van der Waals surface area contributed by atoms with Crippen LogP contribution in [-0.2, 0) is 4.74 Å². The van der Waals surface area contributed by atoms with Crippen LogP contribution in [0.1, 0.15) is 28.6 Å². The maximum Gasteiger partial charge on any atom is 0.0462 e. The summed E-state index contributed by atoms with van der Waals surface area (Å²) in [5.41, 5.74) is 0. The maximum absolute atomic E-state index is 5.05. The van der Waals surface area contributed by atoms with Gasteiger partial charge in [0.2, 0.25) is 0 Å². The zero-order valence-corrected chi connectivity index (χ0v) is 9.99. The molecule has 0 spiro atoms. The number of rotatable bonds is 6. The van der Waals surface area contributed by atoms with Crippen molar-refractivity contribution in [3.63, 3.8) is 0 Å². The molecule has 80 valence electrons. The van der Waals surface area contributed by atoms with Gasteiger partial charge in [0.1, 0.15) is 0 Å². The molecule has 0 saturated heterocycles. The Morgan fingerprint density at radius 3 is 2.79 bits per heavy atom. The molecule has 1 heterocycles. The smallest absolute Gasteiger partial charge is 0.0462 e. The number of hydrogen-bond donors (Lipinski definition) is 1. The van der Waals surface area contributed by atoms with Crippen LogP contribution in [0.5, 0.6) is 0 Å². The molecule has 0 bridgehead atoms. The highest BCUT2D eigenvalue weighted by Gasteiger charge is 2.10. The lowest BCUT2D eigenvalue weighted by Gasteiger charge is -2.13. The van der Waals surface area contributed by atoms with E-state index in [1.807, 2.05) is 18.4 Å². The van der Waals surface area contributed by atoms with E-state index in [-0.39, 0.29) is 0 Å². The SMILES string of the molecule is CNC(CCCOC)c1ccc(C)s1. The highest BCUT2D eigenvalue weighted by molar-refractivity contribution is 7.12. The summed E-state index contributed by atoms with van der Waals surface area (Å²) >= 11 is 1.88. The Hall–Kier alpha value is -0.380. The summed E-state index contributed by atoms with van der Waals surface area (Å²) in [6, 6.07) is 4.89. The average Bonchev–Trinajstić information content (AvgIpc) is 2.60. The summed E-state index contributed by atoms with van der Waals surface area (Å²) in [6.45, 7) is 3.00. The minimum atomic E-state index is 0.490. The number of ether oxygens (including phenoxy) is 1. The molecular weight excluding hydrogens is 194 g/mol. The van der Waals surface area contributed by atoms with Crippen LogP contribution in [0.25, 0.3) is 0 Å². The van der Waals surface area contributed by atoms with Gasteiger partial charge in [-0.3, -0.25) is 0 Å². The Morgan fingerprint density at radius 1 is 1.50 bits per heavy atom. The summed E-state index contributed by atoms with van der Waals surface area (Å²) in [5, 5.41) is 3.35.